The normalized spacial score (nSPS) is 10.3. The van der Waals surface area contributed by atoms with Gasteiger partial charge in [-0.05, 0) is 12.1 Å². The zero-order chi connectivity index (χ0) is 13.2. The highest BCUT2D eigenvalue weighted by Gasteiger charge is 2.10. The topological polar surface area (TPSA) is 88.5 Å². The molecule has 90 valence electrons. The number of nitrogens with two attached hydrogens (primary N) is 1. The van der Waals surface area contributed by atoms with E-state index in [1.54, 1.807) is 6.20 Å². The molecular weight excluding hydrogens is 238 g/mol. The number of nitrogen functional groups attached to an aromatic ring is 1. The lowest BCUT2D eigenvalue weighted by atomic mass is 10.1. The zero-order valence-electron chi connectivity index (χ0n) is 9.91. The van der Waals surface area contributed by atoms with Crippen molar-refractivity contribution in [2.45, 2.75) is 0 Å². The molecule has 0 atom stereocenters. The number of benzene rings is 1. The Hall–Kier alpha value is -3.00. The van der Waals surface area contributed by atoms with Gasteiger partial charge in [0.05, 0.1) is 23.6 Å². The summed E-state index contributed by atoms with van der Waals surface area (Å²) in [5.74, 6) is 0.314. The van der Waals surface area contributed by atoms with Gasteiger partial charge in [0.1, 0.15) is 11.9 Å². The van der Waals surface area contributed by atoms with E-state index < -0.39 is 0 Å². The summed E-state index contributed by atoms with van der Waals surface area (Å²) in [4.78, 5) is 12.5. The fraction of sp³-hybridized carbons (Fsp3) is 0. The Morgan fingerprint density at radius 1 is 1.11 bits per heavy atom. The van der Waals surface area contributed by atoms with Crippen molar-refractivity contribution >= 4 is 16.7 Å². The molecule has 0 amide bonds. The Morgan fingerprint density at radius 2 is 1.95 bits per heavy atom. The number of fused-ring (bicyclic) bond motifs is 1. The standard InChI is InChI=1S/C14H9N5/c15-6-12-10(13-7-17-8-14(16)19-13)5-9-3-1-2-4-11(9)18-12/h1-5,7-8H,(H2,16,19). The number of nitriles is 1. The van der Waals surface area contributed by atoms with Gasteiger partial charge in [-0.3, -0.25) is 4.98 Å². The molecule has 0 aliphatic carbocycles. The third-order valence-electron chi connectivity index (χ3n) is 2.76. The molecule has 19 heavy (non-hydrogen) atoms. The van der Waals surface area contributed by atoms with Crippen molar-refractivity contribution in [2.24, 2.45) is 0 Å². The molecule has 0 aliphatic heterocycles. The quantitative estimate of drug-likeness (QED) is 0.711. The highest BCUT2D eigenvalue weighted by atomic mass is 14.9. The Kier molecular flexibility index (Phi) is 2.54. The molecular formula is C14H9N5. The van der Waals surface area contributed by atoms with Gasteiger partial charge >= 0.3 is 0 Å². The highest BCUT2D eigenvalue weighted by Crippen LogP contribution is 2.24. The minimum absolute atomic E-state index is 0.314. The van der Waals surface area contributed by atoms with Crippen LogP contribution >= 0.6 is 0 Å². The van der Waals surface area contributed by atoms with Crippen molar-refractivity contribution in [1.82, 2.24) is 15.0 Å². The predicted octanol–water partition coefficient (Wildman–Crippen LogP) is 2.15. The number of rotatable bonds is 1. The first-order valence-electron chi connectivity index (χ1n) is 5.66. The maximum atomic E-state index is 9.22. The van der Waals surface area contributed by atoms with Gasteiger partial charge in [-0.25, -0.2) is 9.97 Å². The lowest BCUT2D eigenvalue weighted by molar-refractivity contribution is 1.20. The Labute approximate surface area is 109 Å². The summed E-state index contributed by atoms with van der Waals surface area (Å²) >= 11 is 0. The average Bonchev–Trinajstić information content (AvgIpc) is 2.46. The predicted molar refractivity (Wildman–Crippen MR) is 71.9 cm³/mol. The van der Waals surface area contributed by atoms with E-state index in [-0.39, 0.29) is 0 Å². The first kappa shape index (κ1) is 11.1. The van der Waals surface area contributed by atoms with Crippen molar-refractivity contribution in [3.63, 3.8) is 0 Å². The maximum Gasteiger partial charge on any atom is 0.150 e. The summed E-state index contributed by atoms with van der Waals surface area (Å²) in [5.41, 5.74) is 7.91. The van der Waals surface area contributed by atoms with E-state index >= 15 is 0 Å². The molecule has 0 spiro atoms. The largest absolute Gasteiger partial charge is 0.382 e. The number of anilines is 1. The molecule has 2 N–H and O–H groups in total. The third-order valence-corrected chi connectivity index (χ3v) is 2.76. The third kappa shape index (κ3) is 1.96. The Morgan fingerprint density at radius 3 is 2.74 bits per heavy atom. The molecule has 0 saturated carbocycles. The van der Waals surface area contributed by atoms with Crippen LogP contribution < -0.4 is 5.73 Å². The Balaban J connectivity index is 2.31. The van der Waals surface area contributed by atoms with Crippen LogP contribution in [0, 0.1) is 11.3 Å². The number of nitrogens with zero attached hydrogens (tertiary/aromatic N) is 4. The molecule has 2 heterocycles. The molecule has 2 aromatic heterocycles. The molecule has 0 aliphatic rings. The van der Waals surface area contributed by atoms with Crippen molar-refractivity contribution < 1.29 is 0 Å². The lowest BCUT2D eigenvalue weighted by Gasteiger charge is -2.05. The van der Waals surface area contributed by atoms with Crippen LogP contribution in [0.1, 0.15) is 5.69 Å². The summed E-state index contributed by atoms with van der Waals surface area (Å²) in [6.07, 6.45) is 3.03. The molecule has 3 aromatic rings. The van der Waals surface area contributed by atoms with Crippen LogP contribution in [0.4, 0.5) is 5.82 Å². The van der Waals surface area contributed by atoms with Crippen molar-refractivity contribution in [2.75, 3.05) is 5.73 Å². The first-order chi connectivity index (χ1) is 9.28. The van der Waals surface area contributed by atoms with Crippen LogP contribution in [0.5, 0.6) is 0 Å². The van der Waals surface area contributed by atoms with E-state index in [2.05, 4.69) is 21.0 Å². The van der Waals surface area contributed by atoms with Gasteiger partial charge in [0, 0.05) is 10.9 Å². The van der Waals surface area contributed by atoms with Gasteiger partial charge < -0.3 is 5.73 Å². The molecule has 1 aromatic carbocycles. The number of hydrogen-bond donors (Lipinski definition) is 1. The minimum Gasteiger partial charge on any atom is -0.382 e. The second kappa shape index (κ2) is 4.35. The molecule has 5 heteroatoms. The molecule has 0 fully saturated rings. The van der Waals surface area contributed by atoms with Crippen LogP contribution in [0.2, 0.25) is 0 Å². The SMILES string of the molecule is N#Cc1nc2ccccc2cc1-c1cncc(N)n1. The van der Waals surface area contributed by atoms with Crippen LogP contribution in [-0.4, -0.2) is 15.0 Å². The summed E-state index contributed by atoms with van der Waals surface area (Å²) in [5, 5.41) is 10.2. The van der Waals surface area contributed by atoms with Crippen LogP contribution in [0.15, 0.2) is 42.7 Å². The monoisotopic (exact) mass is 247 g/mol. The summed E-state index contributed by atoms with van der Waals surface area (Å²) < 4.78 is 0. The van der Waals surface area contributed by atoms with E-state index in [1.807, 2.05) is 30.3 Å². The van der Waals surface area contributed by atoms with Crippen LogP contribution in [0.3, 0.4) is 0 Å². The molecule has 5 nitrogen and oxygen atoms in total. The van der Waals surface area contributed by atoms with Crippen molar-refractivity contribution in [3.8, 4) is 17.3 Å². The number of aromatic nitrogens is 3. The van der Waals surface area contributed by atoms with E-state index in [4.69, 9.17) is 5.73 Å². The van der Waals surface area contributed by atoms with E-state index in [0.717, 1.165) is 10.9 Å². The van der Waals surface area contributed by atoms with Crippen LogP contribution in [0.25, 0.3) is 22.2 Å². The van der Waals surface area contributed by atoms with Gasteiger partial charge in [-0.1, -0.05) is 18.2 Å². The van der Waals surface area contributed by atoms with E-state index in [0.29, 0.717) is 22.8 Å². The highest BCUT2D eigenvalue weighted by molar-refractivity contribution is 5.85. The van der Waals surface area contributed by atoms with Gasteiger partial charge in [0.25, 0.3) is 0 Å². The number of para-hydroxylation sites is 1. The average molecular weight is 247 g/mol. The fourth-order valence-electron chi connectivity index (χ4n) is 1.91. The first-order valence-corrected chi connectivity index (χ1v) is 5.66. The molecule has 0 radical (unpaired) electrons. The van der Waals surface area contributed by atoms with Crippen molar-refractivity contribution in [3.05, 3.63) is 48.4 Å². The number of hydrogen-bond acceptors (Lipinski definition) is 5. The lowest BCUT2D eigenvalue weighted by Crippen LogP contribution is -1.97. The van der Waals surface area contributed by atoms with Gasteiger partial charge in [0.2, 0.25) is 0 Å². The van der Waals surface area contributed by atoms with Gasteiger partial charge in [0.15, 0.2) is 5.69 Å². The van der Waals surface area contributed by atoms with Crippen molar-refractivity contribution in [1.29, 1.82) is 5.26 Å². The molecule has 3 rings (SSSR count). The summed E-state index contributed by atoms with van der Waals surface area (Å²) in [7, 11) is 0. The fourth-order valence-corrected chi connectivity index (χ4v) is 1.91. The maximum absolute atomic E-state index is 9.22. The summed E-state index contributed by atoms with van der Waals surface area (Å²) in [6.45, 7) is 0. The van der Waals surface area contributed by atoms with E-state index in [1.165, 1.54) is 6.20 Å². The summed E-state index contributed by atoms with van der Waals surface area (Å²) in [6, 6.07) is 11.6. The molecule has 0 saturated heterocycles. The van der Waals surface area contributed by atoms with Crippen LogP contribution in [-0.2, 0) is 0 Å². The van der Waals surface area contributed by atoms with E-state index in [9.17, 15) is 5.26 Å². The second-order valence-corrected chi connectivity index (χ2v) is 4.02. The van der Waals surface area contributed by atoms with Gasteiger partial charge in [-0.15, -0.1) is 0 Å². The number of pyridine rings is 1. The molecule has 0 unspecified atom stereocenters. The Bertz CT molecular complexity index is 804. The molecule has 0 bridgehead atoms. The zero-order valence-corrected chi connectivity index (χ0v) is 9.91. The second-order valence-electron chi connectivity index (χ2n) is 4.02. The minimum atomic E-state index is 0.314. The van der Waals surface area contributed by atoms with Gasteiger partial charge in [-0.2, -0.15) is 5.26 Å². The smallest absolute Gasteiger partial charge is 0.150 e.